The van der Waals surface area contributed by atoms with Gasteiger partial charge in [-0.2, -0.15) is 0 Å². The molecule has 1 aliphatic rings. The Morgan fingerprint density at radius 1 is 0.952 bits per heavy atom. The molecule has 1 aliphatic carbocycles. The van der Waals surface area contributed by atoms with Crippen LogP contribution in [-0.4, -0.2) is 30.6 Å². The van der Waals surface area contributed by atoms with Crippen molar-refractivity contribution in [1.82, 2.24) is 4.90 Å². The first-order chi connectivity index (χ1) is 10.0. The van der Waals surface area contributed by atoms with E-state index in [1.54, 1.807) is 0 Å². The normalized spacial score (nSPS) is 18.3. The molecule has 0 aromatic heterocycles. The highest BCUT2D eigenvalue weighted by molar-refractivity contribution is 4.78. The SMILES string of the molecule is CC(C)CCN(CCCC(CCN)C(C)C)C1CCCC1. The van der Waals surface area contributed by atoms with Crippen molar-refractivity contribution in [3.05, 3.63) is 0 Å². The lowest BCUT2D eigenvalue weighted by Crippen LogP contribution is -2.35. The van der Waals surface area contributed by atoms with E-state index in [-0.39, 0.29) is 0 Å². The van der Waals surface area contributed by atoms with Gasteiger partial charge in [-0.25, -0.2) is 0 Å². The quantitative estimate of drug-likeness (QED) is 0.600. The van der Waals surface area contributed by atoms with Crippen molar-refractivity contribution in [2.75, 3.05) is 19.6 Å². The van der Waals surface area contributed by atoms with Crippen LogP contribution in [0.2, 0.25) is 0 Å². The van der Waals surface area contributed by atoms with Gasteiger partial charge in [0.1, 0.15) is 0 Å². The van der Waals surface area contributed by atoms with Gasteiger partial charge in [-0.1, -0.05) is 40.5 Å². The molecule has 0 bridgehead atoms. The Morgan fingerprint density at radius 3 is 2.14 bits per heavy atom. The number of hydrogen-bond donors (Lipinski definition) is 1. The summed E-state index contributed by atoms with van der Waals surface area (Å²) in [5.74, 6) is 2.43. The average molecular weight is 297 g/mol. The van der Waals surface area contributed by atoms with E-state index in [1.165, 1.54) is 64.5 Å². The summed E-state index contributed by atoms with van der Waals surface area (Å²) >= 11 is 0. The zero-order chi connectivity index (χ0) is 15.7. The first-order valence-electron chi connectivity index (χ1n) is 9.48. The molecule has 2 nitrogen and oxygen atoms in total. The lowest BCUT2D eigenvalue weighted by molar-refractivity contribution is 0.177. The summed E-state index contributed by atoms with van der Waals surface area (Å²) in [7, 11) is 0. The average Bonchev–Trinajstić information content (AvgIpc) is 2.94. The summed E-state index contributed by atoms with van der Waals surface area (Å²) in [5.41, 5.74) is 5.77. The third-order valence-electron chi connectivity index (χ3n) is 5.34. The largest absolute Gasteiger partial charge is 0.330 e. The van der Waals surface area contributed by atoms with Gasteiger partial charge in [-0.15, -0.1) is 0 Å². The molecule has 126 valence electrons. The highest BCUT2D eigenvalue weighted by Crippen LogP contribution is 2.26. The third kappa shape index (κ3) is 7.65. The standard InChI is InChI=1S/C19H40N2/c1-16(2)12-15-21(19-9-5-6-10-19)14-7-8-18(11-13-20)17(3)4/h16-19H,5-15,20H2,1-4H3. The molecule has 0 spiro atoms. The van der Waals surface area contributed by atoms with E-state index in [4.69, 9.17) is 5.73 Å². The molecule has 0 saturated heterocycles. The Morgan fingerprint density at radius 2 is 1.62 bits per heavy atom. The van der Waals surface area contributed by atoms with Gasteiger partial charge in [0.25, 0.3) is 0 Å². The molecule has 2 heteroatoms. The summed E-state index contributed by atoms with van der Waals surface area (Å²) in [6.07, 6.45) is 11.1. The Labute approximate surface area is 133 Å². The second-order valence-corrected chi connectivity index (χ2v) is 7.88. The van der Waals surface area contributed by atoms with Crippen LogP contribution < -0.4 is 5.73 Å². The van der Waals surface area contributed by atoms with Crippen molar-refractivity contribution in [3.63, 3.8) is 0 Å². The van der Waals surface area contributed by atoms with Crippen LogP contribution >= 0.6 is 0 Å². The van der Waals surface area contributed by atoms with Crippen LogP contribution in [0.3, 0.4) is 0 Å². The minimum Gasteiger partial charge on any atom is -0.330 e. The maximum Gasteiger partial charge on any atom is 0.00952 e. The van der Waals surface area contributed by atoms with Crippen molar-refractivity contribution >= 4 is 0 Å². The molecular formula is C19H40N2. The smallest absolute Gasteiger partial charge is 0.00952 e. The second kappa shape index (κ2) is 10.6. The molecule has 0 aromatic carbocycles. The first kappa shape index (κ1) is 19.0. The highest BCUT2D eigenvalue weighted by Gasteiger charge is 2.22. The lowest BCUT2D eigenvalue weighted by Gasteiger charge is -2.30. The van der Waals surface area contributed by atoms with Gasteiger partial charge in [-0.05, 0) is 75.9 Å². The number of rotatable bonds is 11. The van der Waals surface area contributed by atoms with E-state index < -0.39 is 0 Å². The second-order valence-electron chi connectivity index (χ2n) is 7.88. The molecule has 1 atom stereocenters. The van der Waals surface area contributed by atoms with E-state index in [0.29, 0.717) is 0 Å². The molecular weight excluding hydrogens is 256 g/mol. The molecule has 1 rings (SSSR count). The van der Waals surface area contributed by atoms with Gasteiger partial charge in [0.05, 0.1) is 0 Å². The van der Waals surface area contributed by atoms with Crippen molar-refractivity contribution in [2.45, 2.75) is 85.1 Å². The molecule has 0 amide bonds. The van der Waals surface area contributed by atoms with E-state index in [9.17, 15) is 0 Å². The zero-order valence-electron chi connectivity index (χ0n) is 15.1. The summed E-state index contributed by atoms with van der Waals surface area (Å²) in [5, 5.41) is 0. The zero-order valence-corrected chi connectivity index (χ0v) is 15.1. The number of nitrogens with two attached hydrogens (primary N) is 1. The summed E-state index contributed by atoms with van der Waals surface area (Å²) in [6.45, 7) is 12.9. The van der Waals surface area contributed by atoms with Gasteiger partial charge < -0.3 is 10.6 Å². The topological polar surface area (TPSA) is 29.3 Å². The number of nitrogens with zero attached hydrogens (tertiary/aromatic N) is 1. The summed E-state index contributed by atoms with van der Waals surface area (Å²) in [6, 6.07) is 0.885. The molecule has 1 saturated carbocycles. The van der Waals surface area contributed by atoms with E-state index in [2.05, 4.69) is 32.6 Å². The Bertz CT molecular complexity index is 244. The number of hydrogen-bond acceptors (Lipinski definition) is 2. The first-order valence-corrected chi connectivity index (χ1v) is 9.48. The van der Waals surface area contributed by atoms with Crippen molar-refractivity contribution in [3.8, 4) is 0 Å². The highest BCUT2D eigenvalue weighted by atomic mass is 15.2. The molecule has 0 aromatic rings. The van der Waals surface area contributed by atoms with Crippen molar-refractivity contribution in [1.29, 1.82) is 0 Å². The fraction of sp³-hybridized carbons (Fsp3) is 1.00. The predicted molar refractivity (Wildman–Crippen MR) is 94.5 cm³/mol. The van der Waals surface area contributed by atoms with Crippen LogP contribution in [-0.2, 0) is 0 Å². The Kier molecular flexibility index (Phi) is 9.59. The van der Waals surface area contributed by atoms with Crippen LogP contribution in [0.4, 0.5) is 0 Å². The van der Waals surface area contributed by atoms with Crippen molar-refractivity contribution < 1.29 is 0 Å². The van der Waals surface area contributed by atoms with Crippen LogP contribution in [0.15, 0.2) is 0 Å². The Balaban J connectivity index is 2.36. The third-order valence-corrected chi connectivity index (χ3v) is 5.34. The fourth-order valence-electron chi connectivity index (χ4n) is 3.75. The van der Waals surface area contributed by atoms with Crippen LogP contribution in [0, 0.1) is 17.8 Å². The van der Waals surface area contributed by atoms with E-state index in [1.807, 2.05) is 0 Å². The molecule has 21 heavy (non-hydrogen) atoms. The minimum atomic E-state index is 0.782. The summed E-state index contributed by atoms with van der Waals surface area (Å²) < 4.78 is 0. The monoisotopic (exact) mass is 296 g/mol. The van der Waals surface area contributed by atoms with Gasteiger partial charge in [0, 0.05) is 6.04 Å². The van der Waals surface area contributed by atoms with Crippen LogP contribution in [0.1, 0.15) is 79.1 Å². The van der Waals surface area contributed by atoms with Gasteiger partial charge >= 0.3 is 0 Å². The van der Waals surface area contributed by atoms with Gasteiger partial charge in [0.15, 0.2) is 0 Å². The van der Waals surface area contributed by atoms with E-state index >= 15 is 0 Å². The fourth-order valence-corrected chi connectivity index (χ4v) is 3.75. The van der Waals surface area contributed by atoms with Gasteiger partial charge in [-0.3, -0.25) is 0 Å². The molecule has 2 N–H and O–H groups in total. The maximum absolute atomic E-state index is 5.77. The van der Waals surface area contributed by atoms with E-state index in [0.717, 1.165) is 30.3 Å². The minimum absolute atomic E-state index is 0.782. The van der Waals surface area contributed by atoms with Gasteiger partial charge in [0.2, 0.25) is 0 Å². The lowest BCUT2D eigenvalue weighted by atomic mass is 9.88. The predicted octanol–water partition coefficient (Wildman–Crippen LogP) is 4.68. The maximum atomic E-state index is 5.77. The molecule has 0 aliphatic heterocycles. The molecule has 0 radical (unpaired) electrons. The van der Waals surface area contributed by atoms with Crippen molar-refractivity contribution in [2.24, 2.45) is 23.5 Å². The Hall–Kier alpha value is -0.0800. The molecule has 1 fully saturated rings. The summed E-state index contributed by atoms with van der Waals surface area (Å²) in [4.78, 5) is 2.81. The van der Waals surface area contributed by atoms with Crippen LogP contribution in [0.5, 0.6) is 0 Å². The molecule has 1 unspecified atom stereocenters. The van der Waals surface area contributed by atoms with Crippen LogP contribution in [0.25, 0.3) is 0 Å². The molecule has 0 heterocycles.